The standard InChI is InChI=1S/C14H22N4O3/c1-3-5-10-15-11(18-17-10)12(19)16-14(13(20)21)7-4-6-9(2)8-14/h9H,3-8H2,1-2H3,(H,16,19)(H,20,21)(H,15,17,18). The molecule has 7 heteroatoms. The van der Waals surface area contributed by atoms with Crippen LogP contribution >= 0.6 is 0 Å². The molecule has 7 nitrogen and oxygen atoms in total. The average Bonchev–Trinajstić information content (AvgIpc) is 2.87. The molecular weight excluding hydrogens is 272 g/mol. The summed E-state index contributed by atoms with van der Waals surface area (Å²) in [5.74, 6) is -0.573. The summed E-state index contributed by atoms with van der Waals surface area (Å²) in [4.78, 5) is 28.0. The monoisotopic (exact) mass is 294 g/mol. The van der Waals surface area contributed by atoms with E-state index >= 15 is 0 Å². The van der Waals surface area contributed by atoms with E-state index in [9.17, 15) is 14.7 Å². The van der Waals surface area contributed by atoms with Crippen LogP contribution in [0.25, 0.3) is 0 Å². The molecule has 0 aromatic carbocycles. The van der Waals surface area contributed by atoms with Crippen molar-refractivity contribution < 1.29 is 14.7 Å². The van der Waals surface area contributed by atoms with Gasteiger partial charge in [-0.3, -0.25) is 9.89 Å². The molecule has 2 rings (SSSR count). The van der Waals surface area contributed by atoms with Crippen LogP contribution in [0, 0.1) is 5.92 Å². The summed E-state index contributed by atoms with van der Waals surface area (Å²) in [5, 5.41) is 18.8. The Hall–Kier alpha value is -1.92. The van der Waals surface area contributed by atoms with Crippen molar-refractivity contribution in [3.8, 4) is 0 Å². The van der Waals surface area contributed by atoms with Gasteiger partial charge < -0.3 is 10.4 Å². The fraction of sp³-hybridized carbons (Fsp3) is 0.714. The lowest BCUT2D eigenvalue weighted by atomic mass is 9.76. The van der Waals surface area contributed by atoms with Gasteiger partial charge in [0.15, 0.2) is 0 Å². The number of carbonyl (C=O) groups is 2. The van der Waals surface area contributed by atoms with E-state index in [1.54, 1.807) is 0 Å². The van der Waals surface area contributed by atoms with Crippen LogP contribution in [0.5, 0.6) is 0 Å². The number of nitrogens with zero attached hydrogens (tertiary/aromatic N) is 2. The lowest BCUT2D eigenvalue weighted by Crippen LogP contribution is -2.57. The molecule has 1 heterocycles. The van der Waals surface area contributed by atoms with E-state index in [1.165, 1.54) is 0 Å². The Morgan fingerprint density at radius 3 is 2.90 bits per heavy atom. The highest BCUT2D eigenvalue weighted by atomic mass is 16.4. The third-order valence-corrected chi connectivity index (χ3v) is 3.98. The number of H-pyrrole nitrogens is 1. The number of carboxylic acids is 1. The Bertz CT molecular complexity index is 528. The topological polar surface area (TPSA) is 108 Å². The van der Waals surface area contributed by atoms with E-state index in [4.69, 9.17) is 0 Å². The van der Waals surface area contributed by atoms with Crippen molar-refractivity contribution >= 4 is 11.9 Å². The first-order chi connectivity index (χ1) is 9.97. The number of amides is 1. The summed E-state index contributed by atoms with van der Waals surface area (Å²) in [7, 11) is 0. The molecule has 3 N–H and O–H groups in total. The molecule has 1 aliphatic carbocycles. The van der Waals surface area contributed by atoms with Gasteiger partial charge in [0.2, 0.25) is 5.82 Å². The first-order valence-corrected chi connectivity index (χ1v) is 7.44. The Kier molecular flexibility index (Phi) is 4.59. The van der Waals surface area contributed by atoms with Crippen LogP contribution in [0.3, 0.4) is 0 Å². The van der Waals surface area contributed by atoms with Crippen molar-refractivity contribution in [3.63, 3.8) is 0 Å². The fourth-order valence-corrected chi connectivity index (χ4v) is 2.93. The van der Waals surface area contributed by atoms with E-state index in [0.717, 1.165) is 19.3 Å². The number of aliphatic carboxylic acids is 1. The molecule has 0 bridgehead atoms. The summed E-state index contributed by atoms with van der Waals surface area (Å²) in [6, 6.07) is 0. The lowest BCUT2D eigenvalue weighted by Gasteiger charge is -2.36. The molecule has 0 saturated heterocycles. The quantitative estimate of drug-likeness (QED) is 0.763. The Morgan fingerprint density at radius 2 is 2.29 bits per heavy atom. The minimum Gasteiger partial charge on any atom is -0.480 e. The zero-order valence-electron chi connectivity index (χ0n) is 12.5. The van der Waals surface area contributed by atoms with Crippen molar-refractivity contribution in [2.75, 3.05) is 0 Å². The summed E-state index contributed by atoms with van der Waals surface area (Å²) in [6.45, 7) is 4.01. The molecule has 2 atom stereocenters. The van der Waals surface area contributed by atoms with E-state index in [-0.39, 0.29) is 11.7 Å². The molecule has 1 aliphatic rings. The molecular formula is C14H22N4O3. The van der Waals surface area contributed by atoms with Crippen LogP contribution in [0.15, 0.2) is 0 Å². The van der Waals surface area contributed by atoms with Crippen LogP contribution < -0.4 is 5.32 Å². The van der Waals surface area contributed by atoms with E-state index in [2.05, 4.69) is 20.5 Å². The van der Waals surface area contributed by atoms with Crippen molar-refractivity contribution in [1.82, 2.24) is 20.5 Å². The number of carboxylic acid groups (broad SMARTS) is 1. The number of carbonyl (C=O) groups excluding carboxylic acids is 1. The molecule has 0 radical (unpaired) electrons. The number of aromatic amines is 1. The van der Waals surface area contributed by atoms with Gasteiger partial charge in [-0.1, -0.05) is 26.7 Å². The molecule has 2 unspecified atom stereocenters. The Morgan fingerprint density at radius 1 is 1.52 bits per heavy atom. The van der Waals surface area contributed by atoms with Gasteiger partial charge in [-0.15, -0.1) is 5.10 Å². The Balaban J connectivity index is 2.12. The highest BCUT2D eigenvalue weighted by Gasteiger charge is 2.43. The fourth-order valence-electron chi connectivity index (χ4n) is 2.93. The van der Waals surface area contributed by atoms with Crippen LogP contribution in [-0.2, 0) is 11.2 Å². The van der Waals surface area contributed by atoms with Gasteiger partial charge in [-0.25, -0.2) is 9.78 Å². The molecule has 1 amide bonds. The number of nitrogens with one attached hydrogen (secondary N) is 2. The maximum Gasteiger partial charge on any atom is 0.329 e. The highest BCUT2D eigenvalue weighted by Crippen LogP contribution is 2.32. The first kappa shape index (κ1) is 15.5. The Labute approximate surface area is 123 Å². The summed E-state index contributed by atoms with van der Waals surface area (Å²) >= 11 is 0. The van der Waals surface area contributed by atoms with Gasteiger partial charge in [-0.05, 0) is 25.2 Å². The molecule has 0 aliphatic heterocycles. The minimum atomic E-state index is -1.19. The molecule has 1 aromatic heterocycles. The smallest absolute Gasteiger partial charge is 0.329 e. The number of hydrogen-bond acceptors (Lipinski definition) is 4. The van der Waals surface area contributed by atoms with Gasteiger partial charge in [-0.2, -0.15) is 0 Å². The van der Waals surface area contributed by atoms with E-state index < -0.39 is 17.4 Å². The maximum atomic E-state index is 12.2. The molecule has 1 aromatic rings. The van der Waals surface area contributed by atoms with Crippen LogP contribution in [-0.4, -0.2) is 37.7 Å². The zero-order valence-corrected chi connectivity index (χ0v) is 12.5. The number of rotatable bonds is 5. The summed E-state index contributed by atoms with van der Waals surface area (Å²) in [6.07, 6.45) is 4.29. The van der Waals surface area contributed by atoms with Crippen LogP contribution in [0.2, 0.25) is 0 Å². The number of aryl methyl sites for hydroxylation is 1. The van der Waals surface area contributed by atoms with Gasteiger partial charge in [0.05, 0.1) is 0 Å². The minimum absolute atomic E-state index is 0.0114. The van der Waals surface area contributed by atoms with Gasteiger partial charge in [0.25, 0.3) is 5.91 Å². The largest absolute Gasteiger partial charge is 0.480 e. The third-order valence-electron chi connectivity index (χ3n) is 3.98. The van der Waals surface area contributed by atoms with Gasteiger partial charge in [0.1, 0.15) is 11.4 Å². The molecule has 1 saturated carbocycles. The van der Waals surface area contributed by atoms with Crippen LogP contribution in [0.1, 0.15) is 62.4 Å². The summed E-state index contributed by atoms with van der Waals surface area (Å²) in [5.41, 5.74) is -1.19. The normalized spacial score (nSPS) is 25.5. The lowest BCUT2D eigenvalue weighted by molar-refractivity contribution is -0.146. The predicted octanol–water partition coefficient (Wildman–Crippen LogP) is 1.52. The van der Waals surface area contributed by atoms with Crippen molar-refractivity contribution in [1.29, 1.82) is 0 Å². The third kappa shape index (κ3) is 3.40. The van der Waals surface area contributed by atoms with Crippen molar-refractivity contribution in [3.05, 3.63) is 11.6 Å². The maximum absolute atomic E-state index is 12.2. The second-order valence-corrected chi connectivity index (χ2v) is 5.90. The van der Waals surface area contributed by atoms with Crippen molar-refractivity contribution in [2.45, 2.75) is 57.9 Å². The molecule has 0 spiro atoms. The first-order valence-electron chi connectivity index (χ1n) is 7.44. The summed E-state index contributed by atoms with van der Waals surface area (Å²) < 4.78 is 0. The second-order valence-electron chi connectivity index (χ2n) is 5.90. The molecule has 1 fully saturated rings. The predicted molar refractivity (Wildman–Crippen MR) is 75.8 cm³/mol. The molecule has 116 valence electrons. The average molecular weight is 294 g/mol. The number of aromatic nitrogens is 3. The zero-order chi connectivity index (χ0) is 15.5. The van der Waals surface area contributed by atoms with E-state index in [1.807, 2.05) is 13.8 Å². The van der Waals surface area contributed by atoms with E-state index in [0.29, 0.717) is 25.1 Å². The van der Waals surface area contributed by atoms with Crippen molar-refractivity contribution in [2.24, 2.45) is 5.92 Å². The van der Waals surface area contributed by atoms with Crippen LogP contribution in [0.4, 0.5) is 0 Å². The van der Waals surface area contributed by atoms with Gasteiger partial charge >= 0.3 is 5.97 Å². The highest BCUT2D eigenvalue weighted by molar-refractivity contribution is 5.95. The SMILES string of the molecule is CCCc1nc(C(=O)NC2(C(=O)O)CCCC(C)C2)n[nH]1. The second kappa shape index (κ2) is 6.24. The number of hydrogen-bond donors (Lipinski definition) is 3. The van der Waals surface area contributed by atoms with Gasteiger partial charge in [0, 0.05) is 6.42 Å². The molecule has 21 heavy (non-hydrogen) atoms.